The molecule has 0 bridgehead atoms. The fraction of sp³-hybridized carbons (Fsp3) is 0.190. The highest BCUT2D eigenvalue weighted by atomic mass is 35.5. The van der Waals surface area contributed by atoms with E-state index in [1.165, 1.54) is 13.2 Å². The Balaban J connectivity index is 1.85. The minimum Gasteiger partial charge on any atom is -0.497 e. The van der Waals surface area contributed by atoms with Crippen molar-refractivity contribution < 1.29 is 14.3 Å². The number of hydrogen-bond donors (Lipinski definition) is 1. The van der Waals surface area contributed by atoms with Crippen molar-refractivity contribution in [1.82, 2.24) is 9.78 Å². The summed E-state index contributed by atoms with van der Waals surface area (Å²) in [4.78, 5) is 24.6. The van der Waals surface area contributed by atoms with Gasteiger partial charge in [0.25, 0.3) is 5.56 Å². The summed E-state index contributed by atoms with van der Waals surface area (Å²) in [5.74, 6) is 0.786. The third-order valence-electron chi connectivity index (χ3n) is 4.30. The van der Waals surface area contributed by atoms with E-state index in [0.29, 0.717) is 33.5 Å². The van der Waals surface area contributed by atoms with Crippen molar-refractivity contribution in [3.8, 4) is 22.8 Å². The zero-order valence-corrected chi connectivity index (χ0v) is 17.0. The number of aromatic nitrogens is 2. The minimum absolute atomic E-state index is 0.239. The number of anilines is 1. The van der Waals surface area contributed by atoms with Crippen LogP contribution in [0.2, 0.25) is 5.02 Å². The Morgan fingerprint density at radius 1 is 1.10 bits per heavy atom. The van der Waals surface area contributed by atoms with Crippen LogP contribution in [0.1, 0.15) is 5.56 Å². The van der Waals surface area contributed by atoms with Gasteiger partial charge in [-0.15, -0.1) is 0 Å². The lowest BCUT2D eigenvalue weighted by molar-refractivity contribution is -0.117. The van der Waals surface area contributed by atoms with Gasteiger partial charge in [-0.3, -0.25) is 9.59 Å². The van der Waals surface area contributed by atoms with Crippen molar-refractivity contribution in [2.75, 3.05) is 19.5 Å². The van der Waals surface area contributed by atoms with Gasteiger partial charge in [-0.05, 0) is 42.8 Å². The predicted molar refractivity (Wildman–Crippen MR) is 112 cm³/mol. The smallest absolute Gasteiger partial charge is 0.267 e. The van der Waals surface area contributed by atoms with Crippen LogP contribution in [-0.2, 0) is 11.3 Å². The number of hydrogen-bond acceptors (Lipinski definition) is 5. The van der Waals surface area contributed by atoms with Gasteiger partial charge in [0.2, 0.25) is 5.91 Å². The van der Waals surface area contributed by atoms with Crippen LogP contribution in [0.25, 0.3) is 11.3 Å². The summed E-state index contributed by atoms with van der Waals surface area (Å²) in [5, 5.41) is 7.58. The van der Waals surface area contributed by atoms with Crippen molar-refractivity contribution in [2.24, 2.45) is 0 Å². The van der Waals surface area contributed by atoms with Crippen LogP contribution in [0.3, 0.4) is 0 Å². The number of methoxy groups -OCH3 is 2. The number of aryl methyl sites for hydroxylation is 1. The number of halogens is 1. The van der Waals surface area contributed by atoms with Gasteiger partial charge in [0.15, 0.2) is 0 Å². The highest BCUT2D eigenvalue weighted by Gasteiger charge is 2.13. The van der Waals surface area contributed by atoms with Gasteiger partial charge in [-0.1, -0.05) is 17.7 Å². The molecule has 0 unspecified atom stereocenters. The summed E-state index contributed by atoms with van der Waals surface area (Å²) >= 11 is 6.08. The van der Waals surface area contributed by atoms with Gasteiger partial charge < -0.3 is 14.8 Å². The largest absolute Gasteiger partial charge is 0.497 e. The molecule has 0 aliphatic carbocycles. The number of nitrogens with zero attached hydrogens (tertiary/aromatic N) is 2. The third-order valence-corrected chi connectivity index (χ3v) is 4.71. The lowest BCUT2D eigenvalue weighted by Crippen LogP contribution is -2.29. The second-order valence-electron chi connectivity index (χ2n) is 6.29. The van der Waals surface area contributed by atoms with E-state index < -0.39 is 11.5 Å². The van der Waals surface area contributed by atoms with Gasteiger partial charge in [0.05, 0.1) is 19.9 Å². The lowest BCUT2D eigenvalue weighted by Gasteiger charge is -2.12. The van der Waals surface area contributed by atoms with E-state index in [0.717, 1.165) is 10.2 Å². The summed E-state index contributed by atoms with van der Waals surface area (Å²) < 4.78 is 11.7. The maximum absolute atomic E-state index is 12.4. The minimum atomic E-state index is -0.390. The van der Waals surface area contributed by atoms with Gasteiger partial charge >= 0.3 is 0 Å². The molecular weight excluding hydrogens is 394 g/mol. The molecule has 0 atom stereocenters. The molecule has 1 N–H and O–H groups in total. The first-order chi connectivity index (χ1) is 13.9. The van der Waals surface area contributed by atoms with Crippen molar-refractivity contribution in [1.29, 1.82) is 0 Å². The first-order valence-corrected chi connectivity index (χ1v) is 9.15. The molecule has 0 saturated heterocycles. The van der Waals surface area contributed by atoms with Crippen LogP contribution in [0.15, 0.2) is 53.3 Å². The van der Waals surface area contributed by atoms with Crippen molar-refractivity contribution in [3.63, 3.8) is 0 Å². The second-order valence-corrected chi connectivity index (χ2v) is 6.70. The summed E-state index contributed by atoms with van der Waals surface area (Å²) in [6, 6.07) is 13.4. The molecule has 0 spiro atoms. The van der Waals surface area contributed by atoms with E-state index in [9.17, 15) is 9.59 Å². The van der Waals surface area contributed by atoms with E-state index in [2.05, 4.69) is 10.4 Å². The molecule has 1 amide bonds. The SMILES string of the molecule is COc1ccc(-c2ccc(=O)n(CC(=O)Nc3ccc(C)c(Cl)c3)n2)c(OC)c1. The highest BCUT2D eigenvalue weighted by molar-refractivity contribution is 6.31. The van der Waals surface area contributed by atoms with Gasteiger partial charge in [-0.25, -0.2) is 4.68 Å². The van der Waals surface area contributed by atoms with E-state index in [1.54, 1.807) is 49.6 Å². The maximum atomic E-state index is 12.4. The van der Waals surface area contributed by atoms with Crippen LogP contribution in [-0.4, -0.2) is 29.9 Å². The molecule has 0 aliphatic heterocycles. The van der Waals surface area contributed by atoms with E-state index in [1.807, 2.05) is 6.92 Å². The lowest BCUT2D eigenvalue weighted by atomic mass is 10.1. The normalized spacial score (nSPS) is 10.5. The topological polar surface area (TPSA) is 82.5 Å². The van der Waals surface area contributed by atoms with Crippen LogP contribution in [0.5, 0.6) is 11.5 Å². The van der Waals surface area contributed by atoms with E-state index >= 15 is 0 Å². The van der Waals surface area contributed by atoms with Crippen molar-refractivity contribution in [3.05, 3.63) is 69.5 Å². The average Bonchev–Trinajstić information content (AvgIpc) is 2.72. The molecule has 150 valence electrons. The number of nitrogens with one attached hydrogen (secondary N) is 1. The van der Waals surface area contributed by atoms with Crippen LogP contribution < -0.4 is 20.3 Å². The molecule has 0 saturated carbocycles. The first kappa shape index (κ1) is 20.4. The zero-order valence-electron chi connectivity index (χ0n) is 16.2. The number of benzene rings is 2. The molecule has 1 heterocycles. The molecule has 3 rings (SSSR count). The zero-order chi connectivity index (χ0) is 21.0. The van der Waals surface area contributed by atoms with Gasteiger partial charge in [0.1, 0.15) is 18.0 Å². The first-order valence-electron chi connectivity index (χ1n) is 8.78. The Labute approximate surface area is 172 Å². The molecular formula is C21H20ClN3O4. The summed E-state index contributed by atoms with van der Waals surface area (Å²) in [6.45, 7) is 1.63. The van der Waals surface area contributed by atoms with Crippen molar-refractivity contribution >= 4 is 23.2 Å². The molecule has 8 heteroatoms. The molecule has 2 aromatic carbocycles. The summed E-state index contributed by atoms with van der Waals surface area (Å²) in [7, 11) is 3.10. The third kappa shape index (κ3) is 4.75. The predicted octanol–water partition coefficient (Wildman–Crippen LogP) is 3.53. The number of amides is 1. The molecule has 0 radical (unpaired) electrons. The number of carbonyl (C=O) groups is 1. The Bertz CT molecular complexity index is 1110. The monoisotopic (exact) mass is 413 g/mol. The second kappa shape index (κ2) is 8.79. The fourth-order valence-corrected chi connectivity index (χ4v) is 2.90. The highest BCUT2D eigenvalue weighted by Crippen LogP contribution is 2.31. The van der Waals surface area contributed by atoms with E-state index in [-0.39, 0.29) is 6.54 Å². The summed E-state index contributed by atoms with van der Waals surface area (Å²) in [5.41, 5.74) is 2.23. The number of carbonyl (C=O) groups excluding carboxylic acids is 1. The average molecular weight is 414 g/mol. The van der Waals surface area contributed by atoms with Crippen LogP contribution in [0, 0.1) is 6.92 Å². The molecule has 29 heavy (non-hydrogen) atoms. The van der Waals surface area contributed by atoms with Gasteiger partial charge in [-0.2, -0.15) is 5.10 Å². The fourth-order valence-electron chi connectivity index (χ4n) is 2.72. The number of rotatable bonds is 6. The maximum Gasteiger partial charge on any atom is 0.267 e. The molecule has 0 aliphatic rings. The quantitative estimate of drug-likeness (QED) is 0.668. The molecule has 3 aromatic rings. The van der Waals surface area contributed by atoms with Gasteiger partial charge in [0, 0.05) is 28.4 Å². The van der Waals surface area contributed by atoms with E-state index in [4.69, 9.17) is 21.1 Å². The Kier molecular flexibility index (Phi) is 6.19. The Morgan fingerprint density at radius 3 is 2.59 bits per heavy atom. The van der Waals surface area contributed by atoms with Crippen LogP contribution in [0.4, 0.5) is 5.69 Å². The molecule has 7 nitrogen and oxygen atoms in total. The van der Waals surface area contributed by atoms with Crippen molar-refractivity contribution in [2.45, 2.75) is 13.5 Å². The molecule has 1 aromatic heterocycles. The molecule has 0 fully saturated rings. The van der Waals surface area contributed by atoms with Crippen LogP contribution >= 0.6 is 11.6 Å². The standard InChI is InChI=1S/C21H20ClN3O4/c1-13-4-5-14(10-17(13)22)23-20(26)12-25-21(27)9-8-18(24-25)16-7-6-15(28-2)11-19(16)29-3/h4-11H,12H2,1-3H3,(H,23,26). The Morgan fingerprint density at radius 2 is 1.90 bits per heavy atom. The summed E-state index contributed by atoms with van der Waals surface area (Å²) in [6.07, 6.45) is 0. The number of ether oxygens (including phenoxy) is 2. The Hall–Kier alpha value is -3.32.